The van der Waals surface area contributed by atoms with Crippen molar-refractivity contribution in [3.63, 3.8) is 0 Å². The SMILES string of the molecule is CS(C)(C)CCOCn1ccc(N)n1. The summed E-state index contributed by atoms with van der Waals surface area (Å²) in [5.74, 6) is 1.67. The maximum Gasteiger partial charge on any atom is 0.145 e. The van der Waals surface area contributed by atoms with Gasteiger partial charge in [-0.3, -0.25) is 0 Å². The second kappa shape index (κ2) is 4.70. The number of anilines is 1. The molecule has 0 aromatic carbocycles. The van der Waals surface area contributed by atoms with Gasteiger partial charge >= 0.3 is 0 Å². The predicted octanol–water partition coefficient (Wildman–Crippen LogP) is 1.13. The second-order valence-corrected chi connectivity index (χ2v) is 8.70. The topological polar surface area (TPSA) is 53.1 Å². The third-order valence-electron chi connectivity index (χ3n) is 1.72. The fourth-order valence-electron chi connectivity index (χ4n) is 0.916. The number of ether oxygens (including phenoxy) is 1. The lowest BCUT2D eigenvalue weighted by molar-refractivity contribution is 0.0811. The molecule has 1 heterocycles. The number of nitrogens with two attached hydrogens (primary N) is 1. The van der Waals surface area contributed by atoms with Crippen LogP contribution in [0.2, 0.25) is 0 Å². The van der Waals surface area contributed by atoms with Crippen LogP contribution in [0.4, 0.5) is 5.82 Å². The molecule has 0 aliphatic heterocycles. The molecular weight excluding hydrogens is 198 g/mol. The predicted molar refractivity (Wildman–Crippen MR) is 62.8 cm³/mol. The zero-order valence-corrected chi connectivity index (χ0v) is 9.88. The van der Waals surface area contributed by atoms with Gasteiger partial charge in [0.05, 0.1) is 6.61 Å². The smallest absolute Gasteiger partial charge is 0.145 e. The molecule has 0 aliphatic rings. The van der Waals surface area contributed by atoms with E-state index in [1.807, 2.05) is 6.20 Å². The van der Waals surface area contributed by atoms with Gasteiger partial charge in [0, 0.05) is 18.0 Å². The van der Waals surface area contributed by atoms with E-state index in [4.69, 9.17) is 10.5 Å². The fraction of sp³-hybridized carbons (Fsp3) is 0.667. The van der Waals surface area contributed by atoms with E-state index < -0.39 is 10.0 Å². The molecule has 0 fully saturated rings. The maximum atomic E-state index is 5.47. The molecule has 1 aromatic rings. The fourth-order valence-corrected chi connectivity index (χ4v) is 1.53. The molecule has 0 saturated heterocycles. The lowest BCUT2D eigenvalue weighted by atomic mass is 10.7. The molecular formula is C9H19N3OS. The minimum atomic E-state index is -0.453. The molecule has 1 aromatic heterocycles. The van der Waals surface area contributed by atoms with Crippen LogP contribution in [0.25, 0.3) is 0 Å². The highest BCUT2D eigenvalue weighted by atomic mass is 32.3. The first kappa shape index (κ1) is 11.4. The van der Waals surface area contributed by atoms with Crippen LogP contribution in [-0.2, 0) is 11.5 Å². The van der Waals surface area contributed by atoms with Crippen LogP contribution in [-0.4, -0.2) is 40.9 Å². The van der Waals surface area contributed by atoms with Crippen molar-refractivity contribution in [3.05, 3.63) is 12.3 Å². The van der Waals surface area contributed by atoms with Crippen LogP contribution in [0, 0.1) is 0 Å². The van der Waals surface area contributed by atoms with Gasteiger partial charge in [-0.1, -0.05) is 0 Å². The molecule has 14 heavy (non-hydrogen) atoms. The molecule has 0 saturated carbocycles. The average molecular weight is 217 g/mol. The van der Waals surface area contributed by atoms with Gasteiger partial charge in [-0.25, -0.2) is 14.7 Å². The number of hydrogen-bond acceptors (Lipinski definition) is 3. The number of nitrogen functional groups attached to an aromatic ring is 1. The molecule has 0 amide bonds. The Hall–Kier alpha value is -0.680. The minimum Gasteiger partial charge on any atom is -0.382 e. The van der Waals surface area contributed by atoms with Crippen LogP contribution in [0.1, 0.15) is 0 Å². The standard InChI is InChI=1S/C9H19N3OS/c1-14(2,3)7-6-13-8-12-5-4-9(10)11-12/h4-5H,6-8H2,1-3H3,(H2,10,11). The molecule has 0 spiro atoms. The van der Waals surface area contributed by atoms with E-state index in [1.54, 1.807) is 10.7 Å². The van der Waals surface area contributed by atoms with Crippen molar-refractivity contribution in [3.8, 4) is 0 Å². The Morgan fingerprint density at radius 3 is 2.71 bits per heavy atom. The third-order valence-corrected chi connectivity index (χ3v) is 3.12. The Morgan fingerprint density at radius 2 is 2.21 bits per heavy atom. The molecule has 0 atom stereocenters. The average Bonchev–Trinajstić information content (AvgIpc) is 2.44. The molecule has 4 nitrogen and oxygen atoms in total. The normalized spacial score (nSPS) is 13.1. The van der Waals surface area contributed by atoms with Gasteiger partial charge in [0.1, 0.15) is 12.5 Å². The maximum absolute atomic E-state index is 5.47. The zero-order chi connectivity index (χ0) is 10.6. The van der Waals surface area contributed by atoms with E-state index in [0.717, 1.165) is 12.4 Å². The molecule has 0 aliphatic carbocycles. The van der Waals surface area contributed by atoms with Crippen LogP contribution in [0.15, 0.2) is 12.3 Å². The van der Waals surface area contributed by atoms with Crippen molar-refractivity contribution in [1.29, 1.82) is 0 Å². The molecule has 0 unspecified atom stereocenters. The van der Waals surface area contributed by atoms with Gasteiger partial charge in [-0.2, -0.15) is 5.10 Å². The van der Waals surface area contributed by atoms with E-state index in [1.165, 1.54) is 0 Å². The Morgan fingerprint density at radius 1 is 1.50 bits per heavy atom. The third kappa shape index (κ3) is 4.53. The quantitative estimate of drug-likeness (QED) is 0.752. The number of nitrogens with zero attached hydrogens (tertiary/aromatic N) is 2. The largest absolute Gasteiger partial charge is 0.382 e. The van der Waals surface area contributed by atoms with Crippen LogP contribution in [0.3, 0.4) is 0 Å². The molecule has 5 heteroatoms. The summed E-state index contributed by atoms with van der Waals surface area (Å²) in [4.78, 5) is 0. The van der Waals surface area contributed by atoms with E-state index >= 15 is 0 Å². The molecule has 0 bridgehead atoms. The summed E-state index contributed by atoms with van der Waals surface area (Å²) in [5, 5.41) is 4.02. The van der Waals surface area contributed by atoms with Gasteiger partial charge in [0.15, 0.2) is 0 Å². The van der Waals surface area contributed by atoms with E-state index in [0.29, 0.717) is 12.5 Å². The summed E-state index contributed by atoms with van der Waals surface area (Å²) in [7, 11) is -0.453. The van der Waals surface area contributed by atoms with Crippen molar-refractivity contribution in [2.24, 2.45) is 0 Å². The second-order valence-electron chi connectivity index (χ2n) is 4.11. The first-order valence-electron chi connectivity index (χ1n) is 4.50. The summed E-state index contributed by atoms with van der Waals surface area (Å²) < 4.78 is 7.18. The number of aromatic nitrogens is 2. The van der Waals surface area contributed by atoms with Crippen molar-refractivity contribution < 1.29 is 4.74 Å². The van der Waals surface area contributed by atoms with E-state index in [9.17, 15) is 0 Å². The Labute approximate surface area is 86.7 Å². The lowest BCUT2D eigenvalue weighted by Crippen LogP contribution is -2.10. The summed E-state index contributed by atoms with van der Waals surface area (Å²) in [6.07, 6.45) is 8.66. The molecule has 0 radical (unpaired) electrons. The lowest BCUT2D eigenvalue weighted by Gasteiger charge is -2.24. The monoisotopic (exact) mass is 217 g/mol. The number of rotatable bonds is 5. The first-order valence-corrected chi connectivity index (χ1v) is 7.53. The highest BCUT2D eigenvalue weighted by Gasteiger charge is 2.03. The summed E-state index contributed by atoms with van der Waals surface area (Å²) in [6.45, 7) is 1.28. The van der Waals surface area contributed by atoms with Gasteiger partial charge in [-0.05, 0) is 18.8 Å². The molecule has 2 N–H and O–H groups in total. The number of hydrogen-bond donors (Lipinski definition) is 1. The summed E-state index contributed by atoms with van der Waals surface area (Å²) in [5.41, 5.74) is 5.47. The van der Waals surface area contributed by atoms with E-state index in [-0.39, 0.29) is 0 Å². The molecule has 1 rings (SSSR count). The highest BCUT2D eigenvalue weighted by molar-refractivity contribution is 8.32. The van der Waals surface area contributed by atoms with Gasteiger partial charge in [0.2, 0.25) is 0 Å². The minimum absolute atomic E-state index is 0.453. The summed E-state index contributed by atoms with van der Waals surface area (Å²) >= 11 is 0. The summed E-state index contributed by atoms with van der Waals surface area (Å²) in [6, 6.07) is 1.76. The van der Waals surface area contributed by atoms with Crippen molar-refractivity contribution >= 4 is 15.8 Å². The Kier molecular flexibility index (Phi) is 3.83. The first-order chi connectivity index (χ1) is 6.47. The Bertz CT molecular complexity index is 280. The zero-order valence-electron chi connectivity index (χ0n) is 9.06. The van der Waals surface area contributed by atoms with Crippen molar-refractivity contribution in [1.82, 2.24) is 9.78 Å². The van der Waals surface area contributed by atoms with Crippen LogP contribution < -0.4 is 5.73 Å². The van der Waals surface area contributed by atoms with Crippen LogP contribution in [0.5, 0.6) is 0 Å². The van der Waals surface area contributed by atoms with Crippen molar-refractivity contribution in [2.45, 2.75) is 6.73 Å². The molecule has 82 valence electrons. The highest BCUT2D eigenvalue weighted by Crippen LogP contribution is 2.33. The van der Waals surface area contributed by atoms with Gasteiger partial charge in [-0.15, -0.1) is 0 Å². The van der Waals surface area contributed by atoms with E-state index in [2.05, 4.69) is 23.9 Å². The van der Waals surface area contributed by atoms with Crippen molar-refractivity contribution in [2.75, 3.05) is 36.9 Å². The van der Waals surface area contributed by atoms with Gasteiger partial charge < -0.3 is 10.5 Å². The Balaban J connectivity index is 2.16. The van der Waals surface area contributed by atoms with Gasteiger partial charge in [0.25, 0.3) is 0 Å². The van der Waals surface area contributed by atoms with Crippen LogP contribution >= 0.6 is 10.0 Å².